The van der Waals surface area contributed by atoms with Crippen molar-refractivity contribution in [2.75, 3.05) is 6.61 Å². The molecular weight excluding hydrogens is 262 g/mol. The maximum absolute atomic E-state index is 9.14. The van der Waals surface area contributed by atoms with E-state index in [4.69, 9.17) is 21.1 Å². The summed E-state index contributed by atoms with van der Waals surface area (Å²) in [4.78, 5) is 0. The number of furan rings is 1. The summed E-state index contributed by atoms with van der Waals surface area (Å²) in [6.45, 7) is 2.98. The number of hydrogen-bond donors (Lipinski definition) is 2. The molecule has 0 unspecified atom stereocenters. The summed E-state index contributed by atoms with van der Waals surface area (Å²) >= 11 is 6.14. The van der Waals surface area contributed by atoms with Crippen LogP contribution < -0.4 is 5.32 Å². The number of aliphatic hydroxyl groups excluding tert-OH is 1. The number of hydrogen-bond acceptors (Lipinski definition) is 2. The molecule has 0 aliphatic heterocycles. The van der Waals surface area contributed by atoms with Crippen molar-refractivity contribution >= 4 is 11.6 Å². The average molecular weight is 281 g/mol. The second kappa shape index (κ2) is 6.75. The van der Waals surface area contributed by atoms with Crippen LogP contribution in [0.5, 0.6) is 0 Å². The van der Waals surface area contributed by atoms with Crippen molar-refractivity contribution in [1.29, 1.82) is 0 Å². The van der Waals surface area contributed by atoms with E-state index in [2.05, 4.69) is 12.2 Å². The van der Waals surface area contributed by atoms with Crippen molar-refractivity contribution in [1.82, 2.24) is 0 Å². The normalized spacial score (nSPS) is 12.6. The number of aliphatic hydroxyl groups is 1. The molecule has 3 N–H and O–H groups in total. The third-order valence-corrected chi connectivity index (χ3v) is 3.54. The third-order valence-electron chi connectivity index (χ3n) is 3.21. The topological polar surface area (TPSA) is 50.0 Å². The van der Waals surface area contributed by atoms with Crippen molar-refractivity contribution in [3.8, 4) is 11.3 Å². The van der Waals surface area contributed by atoms with Gasteiger partial charge < -0.3 is 14.8 Å². The largest absolute Gasteiger partial charge is 0.455 e. The molecule has 2 aromatic rings. The minimum absolute atomic E-state index is 0.189. The minimum Gasteiger partial charge on any atom is -0.455 e. The molecule has 1 atom stereocenters. The van der Waals surface area contributed by atoms with Gasteiger partial charge in [-0.2, -0.15) is 0 Å². The number of quaternary nitrogens is 1. The van der Waals surface area contributed by atoms with Gasteiger partial charge in [0.15, 0.2) is 5.76 Å². The summed E-state index contributed by atoms with van der Waals surface area (Å²) in [5, 5.41) is 11.9. The Hall–Kier alpha value is -1.29. The zero-order valence-corrected chi connectivity index (χ0v) is 11.7. The van der Waals surface area contributed by atoms with Gasteiger partial charge in [0.1, 0.15) is 18.3 Å². The van der Waals surface area contributed by atoms with Gasteiger partial charge in [-0.15, -0.1) is 0 Å². The lowest BCUT2D eigenvalue weighted by molar-refractivity contribution is -0.707. The first-order valence-corrected chi connectivity index (χ1v) is 6.90. The molecule has 19 heavy (non-hydrogen) atoms. The van der Waals surface area contributed by atoms with Crippen LogP contribution in [0.1, 0.15) is 19.1 Å². The van der Waals surface area contributed by atoms with Crippen molar-refractivity contribution in [3.05, 3.63) is 47.2 Å². The Kier molecular flexibility index (Phi) is 5.02. The SMILES string of the molecule is CC[C@H](CO)[NH2+]Cc1ccc(-c2ccccc2Cl)o1. The molecule has 1 aromatic heterocycles. The Balaban J connectivity index is 2.05. The lowest BCUT2D eigenvalue weighted by atomic mass is 10.2. The molecular formula is C15H19ClNO2+. The smallest absolute Gasteiger partial charge is 0.158 e. The van der Waals surface area contributed by atoms with Crippen LogP contribution in [0.4, 0.5) is 0 Å². The molecule has 1 heterocycles. The van der Waals surface area contributed by atoms with Crippen LogP contribution in [-0.2, 0) is 6.54 Å². The highest BCUT2D eigenvalue weighted by molar-refractivity contribution is 6.33. The maximum Gasteiger partial charge on any atom is 0.158 e. The number of benzene rings is 1. The quantitative estimate of drug-likeness (QED) is 0.854. The summed E-state index contributed by atoms with van der Waals surface area (Å²) in [7, 11) is 0. The van der Waals surface area contributed by atoms with Gasteiger partial charge in [0.05, 0.1) is 11.6 Å². The van der Waals surface area contributed by atoms with Crippen LogP contribution in [0.2, 0.25) is 5.02 Å². The maximum atomic E-state index is 9.14. The molecule has 0 bridgehead atoms. The monoisotopic (exact) mass is 280 g/mol. The first-order valence-electron chi connectivity index (χ1n) is 6.52. The van der Waals surface area contributed by atoms with Crippen LogP contribution >= 0.6 is 11.6 Å². The second-order valence-electron chi connectivity index (χ2n) is 4.54. The highest BCUT2D eigenvalue weighted by atomic mass is 35.5. The van der Waals surface area contributed by atoms with Gasteiger partial charge >= 0.3 is 0 Å². The number of nitrogens with two attached hydrogens (primary N) is 1. The fourth-order valence-corrected chi connectivity index (χ4v) is 2.18. The molecule has 4 heteroatoms. The van der Waals surface area contributed by atoms with E-state index >= 15 is 0 Å². The van der Waals surface area contributed by atoms with E-state index in [1.54, 1.807) is 0 Å². The van der Waals surface area contributed by atoms with Crippen molar-refractivity contribution in [3.63, 3.8) is 0 Å². The van der Waals surface area contributed by atoms with Gasteiger partial charge in [-0.1, -0.05) is 30.7 Å². The number of rotatable bonds is 6. The van der Waals surface area contributed by atoms with Crippen molar-refractivity contribution < 1.29 is 14.8 Å². The molecule has 2 rings (SSSR count). The Morgan fingerprint density at radius 1 is 1.26 bits per heavy atom. The molecule has 0 saturated carbocycles. The number of halogens is 1. The van der Waals surface area contributed by atoms with Crippen LogP contribution in [0, 0.1) is 0 Å². The molecule has 1 aromatic carbocycles. The lowest BCUT2D eigenvalue weighted by Gasteiger charge is -2.08. The highest BCUT2D eigenvalue weighted by Crippen LogP contribution is 2.28. The molecule has 102 valence electrons. The molecule has 0 saturated heterocycles. The molecule has 3 nitrogen and oxygen atoms in total. The van der Waals surface area contributed by atoms with Gasteiger partial charge in [0, 0.05) is 5.56 Å². The van der Waals surface area contributed by atoms with Crippen LogP contribution in [0.3, 0.4) is 0 Å². The predicted octanol–water partition coefficient (Wildman–Crippen LogP) is 2.43. The van der Waals surface area contributed by atoms with E-state index in [-0.39, 0.29) is 12.6 Å². The third kappa shape index (κ3) is 3.60. The molecule has 0 aliphatic rings. The Morgan fingerprint density at radius 2 is 2.05 bits per heavy atom. The average Bonchev–Trinajstić information content (AvgIpc) is 2.89. The van der Waals surface area contributed by atoms with Crippen LogP contribution in [-0.4, -0.2) is 17.8 Å². The van der Waals surface area contributed by atoms with E-state index < -0.39 is 0 Å². The molecule has 0 radical (unpaired) electrons. The van der Waals surface area contributed by atoms with Crippen LogP contribution in [0.15, 0.2) is 40.8 Å². The fraction of sp³-hybridized carbons (Fsp3) is 0.333. The lowest BCUT2D eigenvalue weighted by Crippen LogP contribution is -2.89. The van der Waals surface area contributed by atoms with E-state index in [0.717, 1.165) is 30.0 Å². The summed E-state index contributed by atoms with van der Waals surface area (Å²) < 4.78 is 5.79. The first kappa shape index (κ1) is 14.1. The predicted molar refractivity (Wildman–Crippen MR) is 75.9 cm³/mol. The van der Waals surface area contributed by atoms with Gasteiger partial charge in [-0.3, -0.25) is 0 Å². The summed E-state index contributed by atoms with van der Waals surface area (Å²) in [6, 6.07) is 11.8. The van der Waals surface area contributed by atoms with Crippen molar-refractivity contribution in [2.24, 2.45) is 0 Å². The van der Waals surface area contributed by atoms with E-state index in [1.807, 2.05) is 36.4 Å². The van der Waals surface area contributed by atoms with E-state index in [1.165, 1.54) is 0 Å². The standard InChI is InChI=1S/C15H18ClNO2/c1-2-11(10-18)17-9-12-7-8-15(19-12)13-5-3-4-6-14(13)16/h3-8,11,17-18H,2,9-10H2,1H3/p+1/t11-/m1/s1. The van der Waals surface area contributed by atoms with Gasteiger partial charge in [-0.05, 0) is 30.7 Å². The van der Waals surface area contributed by atoms with Gasteiger partial charge in [0.2, 0.25) is 0 Å². The second-order valence-corrected chi connectivity index (χ2v) is 4.94. The Labute approximate surface area is 118 Å². The van der Waals surface area contributed by atoms with Gasteiger partial charge in [-0.25, -0.2) is 0 Å². The summed E-state index contributed by atoms with van der Waals surface area (Å²) in [6.07, 6.45) is 0.939. The molecule has 0 aliphatic carbocycles. The van der Waals surface area contributed by atoms with Crippen molar-refractivity contribution in [2.45, 2.75) is 25.9 Å². The van der Waals surface area contributed by atoms with Gasteiger partial charge in [0.25, 0.3) is 0 Å². The Morgan fingerprint density at radius 3 is 2.74 bits per heavy atom. The Bertz CT molecular complexity index is 520. The van der Waals surface area contributed by atoms with E-state index in [0.29, 0.717) is 5.02 Å². The molecule has 0 fully saturated rings. The van der Waals surface area contributed by atoms with Crippen LogP contribution in [0.25, 0.3) is 11.3 Å². The zero-order chi connectivity index (χ0) is 13.7. The minimum atomic E-state index is 0.189. The summed E-state index contributed by atoms with van der Waals surface area (Å²) in [5.41, 5.74) is 0.907. The molecule has 0 spiro atoms. The van der Waals surface area contributed by atoms with E-state index in [9.17, 15) is 0 Å². The zero-order valence-electron chi connectivity index (χ0n) is 11.0. The fourth-order valence-electron chi connectivity index (χ4n) is 1.95. The molecule has 0 amide bonds. The first-order chi connectivity index (χ1) is 9.24. The summed E-state index contributed by atoms with van der Waals surface area (Å²) in [5.74, 6) is 1.67. The highest BCUT2D eigenvalue weighted by Gasteiger charge is 2.11.